The Kier molecular flexibility index (Phi) is 5.44. The molecule has 2 rings (SSSR count). The van der Waals surface area contributed by atoms with E-state index in [0.29, 0.717) is 15.5 Å². The zero-order valence-electron chi connectivity index (χ0n) is 12.3. The normalized spacial score (nSPS) is 13.1. The lowest BCUT2D eigenvalue weighted by Crippen LogP contribution is -2.30. The molecule has 23 heavy (non-hydrogen) atoms. The van der Waals surface area contributed by atoms with E-state index in [1.807, 2.05) is 0 Å². The minimum Gasteiger partial charge on any atom is -0.317 e. The first-order chi connectivity index (χ1) is 10.7. The molecule has 1 atom stereocenters. The highest BCUT2D eigenvalue weighted by molar-refractivity contribution is 7.97. The van der Waals surface area contributed by atoms with Gasteiger partial charge >= 0.3 is 6.18 Å². The fourth-order valence-electron chi connectivity index (χ4n) is 1.91. The van der Waals surface area contributed by atoms with Gasteiger partial charge in [0.15, 0.2) is 0 Å². The third-order valence-corrected chi connectivity index (χ3v) is 4.46. The van der Waals surface area contributed by atoms with Crippen molar-refractivity contribution in [1.29, 1.82) is 0 Å². The van der Waals surface area contributed by atoms with E-state index in [4.69, 9.17) is 11.6 Å². The third-order valence-electron chi connectivity index (χ3n) is 3.20. The maximum atomic E-state index is 13.3. The number of aryl methyl sites for hydroxylation is 2. The van der Waals surface area contributed by atoms with Crippen LogP contribution in [-0.2, 0) is 7.05 Å². The summed E-state index contributed by atoms with van der Waals surface area (Å²) in [6.45, 7) is 1.68. The van der Waals surface area contributed by atoms with Crippen LogP contribution in [0.5, 0.6) is 0 Å². The Morgan fingerprint density at radius 3 is 2.43 bits per heavy atom. The lowest BCUT2D eigenvalue weighted by atomic mass is 10.1. The van der Waals surface area contributed by atoms with E-state index in [9.17, 15) is 18.0 Å². The first kappa shape index (κ1) is 17.9. The fourth-order valence-corrected chi connectivity index (χ4v) is 2.98. The molecule has 0 spiro atoms. The zero-order chi connectivity index (χ0) is 17.2. The van der Waals surface area contributed by atoms with E-state index in [2.05, 4.69) is 4.72 Å². The number of benzene rings is 1. The van der Waals surface area contributed by atoms with Gasteiger partial charge in [-0.2, -0.15) is 13.2 Å². The SMILES string of the molecule is Cc1cc(=O)n(C)cc1SNC(c1ccc(Cl)cc1)C(F)(F)F. The molecule has 8 heteroatoms. The standard InChI is InChI=1S/C15H14ClF3N2OS/c1-9-7-13(22)21(2)8-12(9)23-20-14(15(17,18)19)10-3-5-11(16)6-4-10/h3-8,14,20H,1-2H3. The molecule has 0 amide bonds. The molecule has 1 N–H and O–H groups in total. The minimum absolute atomic E-state index is 0.0665. The second kappa shape index (κ2) is 6.98. The second-order valence-electron chi connectivity index (χ2n) is 5.02. The lowest BCUT2D eigenvalue weighted by Gasteiger charge is -2.22. The Morgan fingerprint density at radius 1 is 1.26 bits per heavy atom. The number of hydrogen-bond donors (Lipinski definition) is 1. The van der Waals surface area contributed by atoms with E-state index in [0.717, 1.165) is 11.9 Å². The molecule has 124 valence electrons. The Morgan fingerprint density at radius 2 is 1.87 bits per heavy atom. The number of hydrogen-bond acceptors (Lipinski definition) is 3. The molecular formula is C15H14ClF3N2OS. The molecule has 0 aliphatic carbocycles. The second-order valence-corrected chi connectivity index (χ2v) is 6.33. The van der Waals surface area contributed by atoms with Crippen molar-refractivity contribution in [3.05, 3.63) is 63.0 Å². The molecule has 1 aromatic carbocycles. The quantitative estimate of drug-likeness (QED) is 0.826. The molecule has 0 saturated heterocycles. The predicted octanol–water partition coefficient (Wildman–Crippen LogP) is 4.25. The molecule has 0 fully saturated rings. The smallest absolute Gasteiger partial charge is 0.317 e. The molecule has 0 radical (unpaired) electrons. The summed E-state index contributed by atoms with van der Waals surface area (Å²) in [4.78, 5) is 12.0. The molecule has 1 unspecified atom stereocenters. The molecule has 3 nitrogen and oxygen atoms in total. The third kappa shape index (κ3) is 4.53. The van der Waals surface area contributed by atoms with Gasteiger partial charge in [0, 0.05) is 29.2 Å². The number of aromatic nitrogens is 1. The summed E-state index contributed by atoms with van der Waals surface area (Å²) in [6.07, 6.45) is -2.96. The van der Waals surface area contributed by atoms with Crippen molar-refractivity contribution in [3.8, 4) is 0 Å². The maximum absolute atomic E-state index is 13.3. The summed E-state index contributed by atoms with van der Waals surface area (Å²) in [5, 5.41) is 0.372. The van der Waals surface area contributed by atoms with Crippen LogP contribution in [0.4, 0.5) is 13.2 Å². The van der Waals surface area contributed by atoms with Gasteiger partial charge in [-0.3, -0.25) is 4.79 Å². The van der Waals surface area contributed by atoms with Crippen LogP contribution < -0.4 is 10.3 Å². The van der Waals surface area contributed by atoms with Crippen LogP contribution in [-0.4, -0.2) is 10.7 Å². The Hall–Kier alpha value is -1.44. The van der Waals surface area contributed by atoms with Gasteiger partial charge in [-0.1, -0.05) is 23.7 Å². The molecule has 2 aromatic rings. The van der Waals surface area contributed by atoms with Gasteiger partial charge in [-0.15, -0.1) is 0 Å². The van der Waals surface area contributed by atoms with Crippen LogP contribution >= 0.6 is 23.5 Å². The van der Waals surface area contributed by atoms with Crippen LogP contribution in [0.3, 0.4) is 0 Å². The van der Waals surface area contributed by atoms with Crippen molar-refractivity contribution in [1.82, 2.24) is 9.29 Å². The van der Waals surface area contributed by atoms with Gasteiger partial charge in [0.25, 0.3) is 5.56 Å². The monoisotopic (exact) mass is 362 g/mol. The first-order valence-corrected chi connectivity index (χ1v) is 7.80. The van der Waals surface area contributed by atoms with Gasteiger partial charge in [0.1, 0.15) is 6.04 Å². The van der Waals surface area contributed by atoms with Gasteiger partial charge in [0.2, 0.25) is 0 Å². The summed E-state index contributed by atoms with van der Waals surface area (Å²) in [7, 11) is 1.55. The number of alkyl halides is 3. The highest BCUT2D eigenvalue weighted by atomic mass is 35.5. The zero-order valence-corrected chi connectivity index (χ0v) is 13.9. The molecule has 0 aliphatic rings. The lowest BCUT2D eigenvalue weighted by molar-refractivity contribution is -0.152. The van der Waals surface area contributed by atoms with Crippen molar-refractivity contribution >= 4 is 23.5 Å². The number of nitrogens with zero attached hydrogens (tertiary/aromatic N) is 1. The van der Waals surface area contributed by atoms with Gasteiger partial charge in [-0.25, -0.2) is 4.72 Å². The van der Waals surface area contributed by atoms with Crippen LogP contribution in [0.1, 0.15) is 17.2 Å². The molecule has 0 saturated carbocycles. The summed E-state index contributed by atoms with van der Waals surface area (Å²) in [5.41, 5.74) is 0.469. The highest BCUT2D eigenvalue weighted by Crippen LogP contribution is 2.36. The van der Waals surface area contributed by atoms with E-state index >= 15 is 0 Å². The van der Waals surface area contributed by atoms with E-state index < -0.39 is 12.2 Å². The molecule has 1 heterocycles. The molecule has 1 aromatic heterocycles. The highest BCUT2D eigenvalue weighted by Gasteiger charge is 2.40. The van der Waals surface area contributed by atoms with Crippen molar-refractivity contribution in [2.75, 3.05) is 0 Å². The first-order valence-electron chi connectivity index (χ1n) is 6.60. The number of halogens is 4. The number of pyridine rings is 1. The summed E-state index contributed by atoms with van der Waals surface area (Å²) >= 11 is 6.56. The number of nitrogens with one attached hydrogen (secondary N) is 1. The van der Waals surface area contributed by atoms with Gasteiger partial charge in [0.05, 0.1) is 0 Å². The van der Waals surface area contributed by atoms with Gasteiger partial charge in [-0.05, 0) is 42.1 Å². The Balaban J connectivity index is 2.25. The predicted molar refractivity (Wildman–Crippen MR) is 85.7 cm³/mol. The summed E-state index contributed by atoms with van der Waals surface area (Å²) in [5.74, 6) is 0. The minimum atomic E-state index is -4.46. The molecule has 0 bridgehead atoms. The van der Waals surface area contributed by atoms with Gasteiger partial charge < -0.3 is 4.57 Å². The summed E-state index contributed by atoms with van der Waals surface area (Å²) < 4.78 is 43.6. The number of rotatable bonds is 4. The average Bonchev–Trinajstić information content (AvgIpc) is 2.45. The Bertz CT molecular complexity index is 744. The maximum Gasteiger partial charge on any atom is 0.408 e. The Labute approximate surface area is 140 Å². The van der Waals surface area contributed by atoms with Crippen molar-refractivity contribution in [3.63, 3.8) is 0 Å². The van der Waals surface area contributed by atoms with Crippen LogP contribution in [0, 0.1) is 6.92 Å². The van der Waals surface area contributed by atoms with E-state index in [1.54, 1.807) is 14.0 Å². The van der Waals surface area contributed by atoms with E-state index in [-0.39, 0.29) is 11.1 Å². The fraction of sp³-hybridized carbons (Fsp3) is 0.267. The van der Waals surface area contributed by atoms with E-state index in [1.165, 1.54) is 41.1 Å². The van der Waals surface area contributed by atoms with Crippen LogP contribution in [0.25, 0.3) is 0 Å². The van der Waals surface area contributed by atoms with Crippen LogP contribution in [0.2, 0.25) is 5.02 Å². The topological polar surface area (TPSA) is 34.0 Å². The largest absolute Gasteiger partial charge is 0.408 e. The molecular weight excluding hydrogens is 349 g/mol. The molecule has 0 aliphatic heterocycles. The van der Waals surface area contributed by atoms with Crippen molar-refractivity contribution in [2.24, 2.45) is 7.05 Å². The van der Waals surface area contributed by atoms with Crippen LogP contribution in [0.15, 0.2) is 46.2 Å². The summed E-state index contributed by atoms with van der Waals surface area (Å²) in [6, 6.07) is 5.04. The average molecular weight is 363 g/mol. The van der Waals surface area contributed by atoms with Crippen molar-refractivity contribution < 1.29 is 13.2 Å². The van der Waals surface area contributed by atoms with Crippen molar-refractivity contribution in [2.45, 2.75) is 24.0 Å².